The Labute approximate surface area is 153 Å². The van der Waals surface area contributed by atoms with E-state index in [-0.39, 0.29) is 0 Å². The third kappa shape index (κ3) is 5.19. The Morgan fingerprint density at radius 2 is 1.96 bits per heavy atom. The number of nitrogens with two attached hydrogens (primary N) is 1. The van der Waals surface area contributed by atoms with Crippen molar-refractivity contribution in [2.45, 2.75) is 51.1 Å². The van der Waals surface area contributed by atoms with Gasteiger partial charge in [-0.15, -0.1) is 11.3 Å². The van der Waals surface area contributed by atoms with Crippen LogP contribution in [0.4, 0.5) is 0 Å². The summed E-state index contributed by atoms with van der Waals surface area (Å²) in [6.45, 7) is 0.512. The van der Waals surface area contributed by atoms with Crippen LogP contribution >= 0.6 is 11.3 Å². The van der Waals surface area contributed by atoms with Gasteiger partial charge >= 0.3 is 0 Å². The molecule has 3 rings (SSSR count). The number of nitrogens with zero attached hydrogens (tertiary/aromatic N) is 2. The Kier molecular flexibility index (Phi) is 6.28. The molecule has 25 heavy (non-hydrogen) atoms. The Bertz CT molecular complexity index is 688. The van der Waals surface area contributed by atoms with Gasteiger partial charge in [0, 0.05) is 17.0 Å². The first kappa shape index (κ1) is 17.7. The average Bonchev–Trinajstić information content (AvgIpc) is 2.97. The first-order valence-corrected chi connectivity index (χ1v) is 9.78. The average molecular weight is 359 g/mol. The molecule has 5 nitrogen and oxygen atoms in total. The van der Waals surface area contributed by atoms with E-state index in [2.05, 4.69) is 15.3 Å². The summed E-state index contributed by atoms with van der Waals surface area (Å²) in [7, 11) is 1.67. The highest BCUT2D eigenvalue weighted by Gasteiger charge is 2.12. The number of methoxy groups -OCH3 is 1. The third-order valence-corrected chi connectivity index (χ3v) is 5.45. The van der Waals surface area contributed by atoms with Gasteiger partial charge in [0.15, 0.2) is 5.96 Å². The lowest BCUT2D eigenvalue weighted by Gasteiger charge is -2.16. The van der Waals surface area contributed by atoms with Crippen molar-refractivity contribution in [3.8, 4) is 16.3 Å². The number of aromatic nitrogens is 1. The van der Waals surface area contributed by atoms with Crippen molar-refractivity contribution < 1.29 is 4.74 Å². The summed E-state index contributed by atoms with van der Waals surface area (Å²) in [5.74, 6) is 1.38. The van der Waals surface area contributed by atoms with Crippen LogP contribution in [0, 0.1) is 0 Å². The van der Waals surface area contributed by atoms with Gasteiger partial charge in [0.05, 0.1) is 19.3 Å². The minimum Gasteiger partial charge on any atom is -0.497 e. The van der Waals surface area contributed by atoms with Gasteiger partial charge in [-0.1, -0.05) is 25.7 Å². The van der Waals surface area contributed by atoms with Crippen LogP contribution in [0.3, 0.4) is 0 Å². The maximum atomic E-state index is 6.05. The quantitative estimate of drug-likeness (QED) is 0.482. The molecule has 1 aromatic carbocycles. The van der Waals surface area contributed by atoms with Gasteiger partial charge in [0.25, 0.3) is 0 Å². The first-order valence-electron chi connectivity index (χ1n) is 8.90. The number of ether oxygens (including phenoxy) is 1. The Morgan fingerprint density at radius 1 is 1.24 bits per heavy atom. The van der Waals surface area contributed by atoms with Gasteiger partial charge in [-0.3, -0.25) is 0 Å². The SMILES string of the molecule is COc1ccc(-c2nc(CN=C(N)NC3CCCCCC3)cs2)cc1. The van der Waals surface area contributed by atoms with Crippen LogP contribution in [0.15, 0.2) is 34.6 Å². The van der Waals surface area contributed by atoms with Crippen LogP contribution in [-0.4, -0.2) is 24.1 Å². The second-order valence-corrected chi connectivity index (χ2v) is 7.26. The molecule has 0 bridgehead atoms. The maximum absolute atomic E-state index is 6.05. The Morgan fingerprint density at radius 3 is 2.64 bits per heavy atom. The topological polar surface area (TPSA) is 72.5 Å². The van der Waals surface area contributed by atoms with E-state index in [1.165, 1.54) is 38.5 Å². The normalized spacial score (nSPS) is 16.4. The highest BCUT2D eigenvalue weighted by molar-refractivity contribution is 7.13. The molecule has 0 aliphatic heterocycles. The van der Waals surface area contributed by atoms with Crippen LogP contribution in [0.1, 0.15) is 44.2 Å². The fourth-order valence-corrected chi connectivity index (χ4v) is 3.91. The maximum Gasteiger partial charge on any atom is 0.189 e. The highest BCUT2D eigenvalue weighted by Crippen LogP contribution is 2.26. The van der Waals surface area contributed by atoms with Crippen LogP contribution in [0.2, 0.25) is 0 Å². The van der Waals surface area contributed by atoms with E-state index in [4.69, 9.17) is 10.5 Å². The number of hydrogen-bond donors (Lipinski definition) is 2. The van der Waals surface area contributed by atoms with Gasteiger partial charge in [-0.05, 0) is 37.1 Å². The number of nitrogens with one attached hydrogen (secondary N) is 1. The minimum atomic E-state index is 0.469. The molecule has 0 spiro atoms. The summed E-state index contributed by atoms with van der Waals surface area (Å²) in [6.07, 6.45) is 7.61. The van der Waals surface area contributed by atoms with Crippen molar-refractivity contribution in [2.24, 2.45) is 10.7 Å². The molecule has 1 heterocycles. The van der Waals surface area contributed by atoms with Gasteiger partial charge in [-0.2, -0.15) is 0 Å². The van der Waals surface area contributed by atoms with E-state index in [9.17, 15) is 0 Å². The first-order chi connectivity index (χ1) is 12.2. The molecule has 1 fully saturated rings. The van der Waals surface area contributed by atoms with Crippen molar-refractivity contribution in [1.29, 1.82) is 0 Å². The molecule has 1 aliphatic carbocycles. The second-order valence-electron chi connectivity index (χ2n) is 6.41. The summed E-state index contributed by atoms with van der Waals surface area (Å²) in [5, 5.41) is 6.40. The molecule has 1 saturated carbocycles. The number of guanidine groups is 1. The summed E-state index contributed by atoms with van der Waals surface area (Å²) in [5.41, 5.74) is 8.09. The van der Waals surface area contributed by atoms with Crippen LogP contribution in [0.5, 0.6) is 5.75 Å². The molecule has 134 valence electrons. The largest absolute Gasteiger partial charge is 0.497 e. The van der Waals surface area contributed by atoms with Crippen molar-refractivity contribution in [1.82, 2.24) is 10.3 Å². The van der Waals surface area contributed by atoms with Gasteiger partial charge in [0.2, 0.25) is 0 Å². The molecule has 0 unspecified atom stereocenters. The summed E-state index contributed by atoms with van der Waals surface area (Å²) in [4.78, 5) is 9.12. The zero-order valence-electron chi connectivity index (χ0n) is 14.7. The van der Waals surface area contributed by atoms with Crippen LogP contribution in [-0.2, 0) is 6.54 Å². The van der Waals surface area contributed by atoms with Crippen LogP contribution in [0.25, 0.3) is 10.6 Å². The monoisotopic (exact) mass is 358 g/mol. The highest BCUT2D eigenvalue weighted by atomic mass is 32.1. The summed E-state index contributed by atoms with van der Waals surface area (Å²) in [6, 6.07) is 8.41. The third-order valence-electron chi connectivity index (χ3n) is 4.51. The van der Waals surface area contributed by atoms with Crippen molar-refractivity contribution >= 4 is 17.3 Å². The zero-order valence-corrected chi connectivity index (χ0v) is 15.5. The van der Waals surface area contributed by atoms with Gasteiger partial charge in [0.1, 0.15) is 10.8 Å². The van der Waals surface area contributed by atoms with Gasteiger partial charge < -0.3 is 15.8 Å². The van der Waals surface area contributed by atoms with Crippen LogP contribution < -0.4 is 15.8 Å². The van der Waals surface area contributed by atoms with Crippen molar-refractivity contribution in [3.63, 3.8) is 0 Å². The minimum absolute atomic E-state index is 0.469. The number of benzene rings is 1. The van der Waals surface area contributed by atoms with E-state index >= 15 is 0 Å². The Hall–Kier alpha value is -2.08. The number of thiazole rings is 1. The molecule has 0 radical (unpaired) electrons. The fraction of sp³-hybridized carbons (Fsp3) is 0.474. The van der Waals surface area contributed by atoms with E-state index < -0.39 is 0 Å². The molecule has 0 saturated heterocycles. The second kappa shape index (κ2) is 8.85. The summed E-state index contributed by atoms with van der Waals surface area (Å²) < 4.78 is 5.19. The summed E-state index contributed by atoms with van der Waals surface area (Å²) >= 11 is 1.62. The standard InChI is InChI=1S/C19H26N4OS/c1-24-17-10-8-14(9-11-17)18-22-16(13-25-18)12-21-19(20)23-15-6-4-2-3-5-7-15/h8-11,13,15H,2-7,12H2,1H3,(H3,20,21,23). The zero-order chi connectivity index (χ0) is 17.5. The smallest absolute Gasteiger partial charge is 0.189 e. The predicted octanol–water partition coefficient (Wildman–Crippen LogP) is 3.95. The molecule has 1 aromatic heterocycles. The molecular formula is C19H26N4OS. The lowest BCUT2D eigenvalue weighted by molar-refractivity contribution is 0.415. The molecule has 6 heteroatoms. The lowest BCUT2D eigenvalue weighted by Crippen LogP contribution is -2.39. The molecule has 2 aromatic rings. The van der Waals surface area contributed by atoms with E-state index in [0.29, 0.717) is 18.5 Å². The van der Waals surface area contributed by atoms with Crippen molar-refractivity contribution in [2.75, 3.05) is 7.11 Å². The molecular weight excluding hydrogens is 332 g/mol. The predicted molar refractivity (Wildman–Crippen MR) is 104 cm³/mol. The van der Waals surface area contributed by atoms with Crippen molar-refractivity contribution in [3.05, 3.63) is 35.3 Å². The fourth-order valence-electron chi connectivity index (χ4n) is 3.09. The molecule has 0 atom stereocenters. The number of aliphatic imine (C=N–C) groups is 1. The molecule has 1 aliphatic rings. The number of hydrogen-bond acceptors (Lipinski definition) is 4. The lowest BCUT2D eigenvalue weighted by atomic mass is 10.1. The molecule has 0 amide bonds. The molecule has 3 N–H and O–H groups in total. The number of rotatable bonds is 5. The van der Waals surface area contributed by atoms with E-state index in [1.54, 1.807) is 18.4 Å². The Balaban J connectivity index is 1.56. The van der Waals surface area contributed by atoms with E-state index in [1.807, 2.05) is 29.6 Å². The van der Waals surface area contributed by atoms with Gasteiger partial charge in [-0.25, -0.2) is 9.98 Å². The van der Waals surface area contributed by atoms with E-state index in [0.717, 1.165) is 22.0 Å².